The van der Waals surface area contributed by atoms with E-state index >= 15 is 0 Å². The Kier molecular flexibility index (Phi) is 5.58. The number of nitro groups is 1. The maximum absolute atomic E-state index is 12.5. The van der Waals surface area contributed by atoms with Crippen molar-refractivity contribution in [3.8, 4) is 0 Å². The summed E-state index contributed by atoms with van der Waals surface area (Å²) in [5.41, 5.74) is 1.21. The summed E-state index contributed by atoms with van der Waals surface area (Å²) in [7, 11) is 0. The van der Waals surface area contributed by atoms with Gasteiger partial charge in [-0.15, -0.1) is 0 Å². The molecule has 0 aliphatic carbocycles. The van der Waals surface area contributed by atoms with E-state index in [9.17, 15) is 14.9 Å². The molecule has 2 aromatic carbocycles. The summed E-state index contributed by atoms with van der Waals surface area (Å²) in [6.07, 6.45) is 0. The van der Waals surface area contributed by atoms with Crippen LogP contribution in [0.15, 0.2) is 42.5 Å². The van der Waals surface area contributed by atoms with Crippen molar-refractivity contribution in [3.63, 3.8) is 0 Å². The quantitative estimate of drug-likeness (QED) is 0.585. The van der Waals surface area contributed by atoms with Crippen molar-refractivity contribution in [2.45, 2.75) is 13.5 Å². The van der Waals surface area contributed by atoms with Crippen LogP contribution in [0.2, 0.25) is 10.0 Å². The molecule has 0 N–H and O–H groups in total. The fraction of sp³-hybridized carbons (Fsp3) is 0.188. The van der Waals surface area contributed by atoms with E-state index in [2.05, 4.69) is 0 Å². The van der Waals surface area contributed by atoms with Crippen LogP contribution in [0.3, 0.4) is 0 Å². The summed E-state index contributed by atoms with van der Waals surface area (Å²) in [4.78, 5) is 24.3. The minimum absolute atomic E-state index is 0.0471. The van der Waals surface area contributed by atoms with Crippen LogP contribution < -0.4 is 0 Å². The van der Waals surface area contributed by atoms with Gasteiger partial charge in [-0.1, -0.05) is 29.3 Å². The van der Waals surface area contributed by atoms with E-state index in [1.165, 1.54) is 24.3 Å². The SMILES string of the molecule is CCN(Cc1ccc(Cl)c(Cl)c1)C(=O)c1ccc([N+](=O)[O-])cc1. The third kappa shape index (κ3) is 4.21. The molecule has 0 aliphatic heterocycles. The predicted octanol–water partition coefficient (Wildman–Crippen LogP) is 4.56. The molecule has 0 fully saturated rings. The number of hydrogen-bond donors (Lipinski definition) is 0. The molecule has 120 valence electrons. The molecule has 0 aliphatic rings. The molecule has 0 heterocycles. The van der Waals surface area contributed by atoms with E-state index in [0.29, 0.717) is 28.7 Å². The molecule has 0 radical (unpaired) electrons. The average Bonchev–Trinajstić information content (AvgIpc) is 2.55. The number of amides is 1. The molecule has 0 bridgehead atoms. The van der Waals surface area contributed by atoms with Crippen LogP contribution in [0, 0.1) is 10.1 Å². The van der Waals surface area contributed by atoms with Gasteiger partial charge in [0.05, 0.1) is 15.0 Å². The molecule has 0 saturated carbocycles. The summed E-state index contributed by atoms with van der Waals surface area (Å²) in [6.45, 7) is 2.74. The minimum atomic E-state index is -0.498. The van der Waals surface area contributed by atoms with Gasteiger partial charge in [0.1, 0.15) is 0 Å². The molecule has 5 nitrogen and oxygen atoms in total. The molecule has 2 aromatic rings. The Bertz CT molecular complexity index is 733. The predicted molar refractivity (Wildman–Crippen MR) is 90.0 cm³/mol. The molecule has 0 atom stereocenters. The van der Waals surface area contributed by atoms with Crippen LogP contribution >= 0.6 is 23.2 Å². The number of carbonyl (C=O) groups excluding carboxylic acids is 1. The molecule has 0 unspecified atom stereocenters. The fourth-order valence-electron chi connectivity index (χ4n) is 2.09. The highest BCUT2D eigenvalue weighted by molar-refractivity contribution is 6.42. The lowest BCUT2D eigenvalue weighted by molar-refractivity contribution is -0.384. The van der Waals surface area contributed by atoms with Gasteiger partial charge in [0.25, 0.3) is 11.6 Å². The number of non-ortho nitro benzene ring substituents is 1. The number of carbonyl (C=O) groups is 1. The van der Waals surface area contributed by atoms with E-state index in [0.717, 1.165) is 5.56 Å². The Hall–Kier alpha value is -2.11. The highest BCUT2D eigenvalue weighted by atomic mass is 35.5. The summed E-state index contributed by atoms with van der Waals surface area (Å²) in [5, 5.41) is 11.6. The zero-order chi connectivity index (χ0) is 17.0. The third-order valence-corrected chi connectivity index (χ3v) is 4.09. The lowest BCUT2D eigenvalue weighted by Crippen LogP contribution is -2.30. The smallest absolute Gasteiger partial charge is 0.269 e. The molecule has 0 spiro atoms. The third-order valence-electron chi connectivity index (χ3n) is 3.35. The van der Waals surface area contributed by atoms with Crippen molar-refractivity contribution in [3.05, 3.63) is 73.8 Å². The summed E-state index contributed by atoms with van der Waals surface area (Å²) >= 11 is 11.9. The molecule has 1 amide bonds. The Balaban J connectivity index is 2.17. The van der Waals surface area contributed by atoms with Crippen LogP contribution in [0.25, 0.3) is 0 Å². The molecule has 0 saturated heterocycles. The van der Waals surface area contributed by atoms with E-state index in [1.807, 2.05) is 6.92 Å². The molecule has 7 heteroatoms. The maximum atomic E-state index is 12.5. The Morgan fingerprint density at radius 3 is 2.30 bits per heavy atom. The van der Waals surface area contributed by atoms with Crippen molar-refractivity contribution < 1.29 is 9.72 Å². The molecule has 0 aromatic heterocycles. The van der Waals surface area contributed by atoms with Gasteiger partial charge in [-0.25, -0.2) is 0 Å². The zero-order valence-corrected chi connectivity index (χ0v) is 13.8. The van der Waals surface area contributed by atoms with Gasteiger partial charge >= 0.3 is 0 Å². The number of nitro benzene ring substituents is 1. The number of benzene rings is 2. The lowest BCUT2D eigenvalue weighted by Gasteiger charge is -2.21. The second-order valence-electron chi connectivity index (χ2n) is 4.87. The number of hydrogen-bond acceptors (Lipinski definition) is 3. The normalized spacial score (nSPS) is 10.4. The van der Waals surface area contributed by atoms with E-state index < -0.39 is 4.92 Å². The van der Waals surface area contributed by atoms with Crippen LogP contribution in [-0.2, 0) is 6.54 Å². The van der Waals surface area contributed by atoms with Gasteiger partial charge in [0, 0.05) is 30.8 Å². The maximum Gasteiger partial charge on any atom is 0.269 e. The van der Waals surface area contributed by atoms with Crippen LogP contribution in [0.5, 0.6) is 0 Å². The van der Waals surface area contributed by atoms with Gasteiger partial charge in [-0.3, -0.25) is 14.9 Å². The van der Waals surface area contributed by atoms with Gasteiger partial charge in [0.2, 0.25) is 0 Å². The summed E-state index contributed by atoms with van der Waals surface area (Å²) in [6, 6.07) is 10.8. The molecule has 2 rings (SSSR count). The van der Waals surface area contributed by atoms with Gasteiger partial charge in [-0.2, -0.15) is 0 Å². The lowest BCUT2D eigenvalue weighted by atomic mass is 10.1. The largest absolute Gasteiger partial charge is 0.335 e. The highest BCUT2D eigenvalue weighted by Gasteiger charge is 2.16. The van der Waals surface area contributed by atoms with Crippen LogP contribution in [0.4, 0.5) is 5.69 Å². The van der Waals surface area contributed by atoms with Crippen molar-refractivity contribution in [2.75, 3.05) is 6.54 Å². The fourth-order valence-corrected chi connectivity index (χ4v) is 2.41. The van der Waals surface area contributed by atoms with Gasteiger partial charge in [-0.05, 0) is 36.8 Å². The Labute approximate surface area is 143 Å². The molecular weight excluding hydrogens is 339 g/mol. The summed E-state index contributed by atoms with van der Waals surface area (Å²) in [5.74, 6) is -0.200. The van der Waals surface area contributed by atoms with E-state index in [1.54, 1.807) is 23.1 Å². The second-order valence-corrected chi connectivity index (χ2v) is 5.69. The first-order chi connectivity index (χ1) is 10.9. The highest BCUT2D eigenvalue weighted by Crippen LogP contribution is 2.23. The van der Waals surface area contributed by atoms with Crippen molar-refractivity contribution in [1.29, 1.82) is 0 Å². The number of rotatable bonds is 5. The van der Waals surface area contributed by atoms with Gasteiger partial charge < -0.3 is 4.90 Å². The van der Waals surface area contributed by atoms with E-state index in [4.69, 9.17) is 23.2 Å². The number of halogens is 2. The summed E-state index contributed by atoms with van der Waals surface area (Å²) < 4.78 is 0. The monoisotopic (exact) mass is 352 g/mol. The first-order valence-electron chi connectivity index (χ1n) is 6.90. The van der Waals surface area contributed by atoms with E-state index in [-0.39, 0.29) is 11.6 Å². The van der Waals surface area contributed by atoms with Crippen LogP contribution in [-0.4, -0.2) is 22.3 Å². The molecular formula is C16H14Cl2N2O3. The first-order valence-corrected chi connectivity index (χ1v) is 7.65. The Morgan fingerprint density at radius 2 is 1.78 bits per heavy atom. The van der Waals surface area contributed by atoms with Crippen molar-refractivity contribution in [2.24, 2.45) is 0 Å². The molecule has 23 heavy (non-hydrogen) atoms. The van der Waals surface area contributed by atoms with Crippen molar-refractivity contribution >= 4 is 34.8 Å². The van der Waals surface area contributed by atoms with Crippen molar-refractivity contribution in [1.82, 2.24) is 4.90 Å². The Morgan fingerprint density at radius 1 is 1.13 bits per heavy atom. The second kappa shape index (κ2) is 7.44. The minimum Gasteiger partial charge on any atom is -0.335 e. The zero-order valence-electron chi connectivity index (χ0n) is 12.3. The van der Waals surface area contributed by atoms with Gasteiger partial charge in [0.15, 0.2) is 0 Å². The first kappa shape index (κ1) is 17.2. The van der Waals surface area contributed by atoms with Crippen LogP contribution in [0.1, 0.15) is 22.8 Å². The number of nitrogens with zero attached hydrogens (tertiary/aromatic N) is 2. The topological polar surface area (TPSA) is 63.5 Å². The standard InChI is InChI=1S/C16H14Cl2N2O3/c1-2-19(10-11-3-8-14(17)15(18)9-11)16(21)12-4-6-13(7-5-12)20(22)23/h3-9H,2,10H2,1H3. The average molecular weight is 353 g/mol.